The van der Waals surface area contributed by atoms with Crippen LogP contribution in [0.4, 0.5) is 4.79 Å². The molecule has 6 heteroatoms. The first-order valence-corrected chi connectivity index (χ1v) is 6.50. The molecule has 116 valence electrons. The van der Waals surface area contributed by atoms with Crippen LogP contribution in [0.3, 0.4) is 0 Å². The SMILES string of the molecule is [2H]C(OC[C@H](NC(=O)OC(C)(C)C)C(=O)O)c1ccccc1. The predicted octanol–water partition coefficient (Wildman–Crippen LogP) is 2.18. The predicted molar refractivity (Wildman–Crippen MR) is 76.9 cm³/mol. The molecule has 1 amide bonds. The highest BCUT2D eigenvalue weighted by molar-refractivity contribution is 5.80. The average molecular weight is 296 g/mol. The molecule has 0 fully saturated rings. The van der Waals surface area contributed by atoms with Gasteiger partial charge in [-0.1, -0.05) is 30.3 Å². The summed E-state index contributed by atoms with van der Waals surface area (Å²) in [5.41, 5.74) is -0.125. The molecule has 1 unspecified atom stereocenters. The van der Waals surface area contributed by atoms with Gasteiger partial charge in [0.05, 0.1) is 14.6 Å². The Bertz CT molecular complexity index is 500. The number of benzene rings is 1. The van der Waals surface area contributed by atoms with Gasteiger partial charge in [-0.3, -0.25) is 0 Å². The van der Waals surface area contributed by atoms with Crippen LogP contribution in [0.2, 0.25) is 0 Å². The Morgan fingerprint density at radius 1 is 1.33 bits per heavy atom. The van der Waals surface area contributed by atoms with Crippen molar-refractivity contribution >= 4 is 12.1 Å². The maximum absolute atomic E-state index is 11.6. The number of carbonyl (C=O) groups is 2. The summed E-state index contributed by atoms with van der Waals surface area (Å²) < 4.78 is 18.0. The zero-order chi connectivity index (χ0) is 16.8. The Morgan fingerprint density at radius 3 is 2.48 bits per heavy atom. The quantitative estimate of drug-likeness (QED) is 0.840. The van der Waals surface area contributed by atoms with E-state index < -0.39 is 30.3 Å². The van der Waals surface area contributed by atoms with Gasteiger partial charge in [0, 0.05) is 0 Å². The van der Waals surface area contributed by atoms with E-state index in [9.17, 15) is 9.59 Å². The smallest absolute Gasteiger partial charge is 0.408 e. The molecule has 0 saturated heterocycles. The van der Waals surface area contributed by atoms with E-state index in [-0.39, 0.29) is 6.61 Å². The summed E-state index contributed by atoms with van der Waals surface area (Å²) in [6.07, 6.45) is -0.843. The second-order valence-corrected chi connectivity index (χ2v) is 5.40. The zero-order valence-corrected chi connectivity index (χ0v) is 12.3. The fraction of sp³-hybridized carbons (Fsp3) is 0.467. The number of ether oxygens (including phenoxy) is 2. The first-order chi connectivity index (χ1) is 10.2. The van der Waals surface area contributed by atoms with E-state index in [4.69, 9.17) is 16.0 Å². The van der Waals surface area contributed by atoms with Crippen LogP contribution in [0.25, 0.3) is 0 Å². The molecular formula is C15H21NO5. The molecule has 0 radical (unpaired) electrons. The van der Waals surface area contributed by atoms with Crippen molar-refractivity contribution in [2.24, 2.45) is 0 Å². The first-order valence-electron chi connectivity index (χ1n) is 7.08. The van der Waals surface area contributed by atoms with E-state index in [0.717, 1.165) is 0 Å². The zero-order valence-electron chi connectivity index (χ0n) is 13.3. The van der Waals surface area contributed by atoms with Gasteiger partial charge in [-0.15, -0.1) is 0 Å². The molecule has 1 aromatic carbocycles. The molecule has 1 rings (SSSR count). The fourth-order valence-corrected chi connectivity index (χ4v) is 1.40. The maximum Gasteiger partial charge on any atom is 0.408 e. The summed E-state index contributed by atoms with van der Waals surface area (Å²) >= 11 is 0. The minimum Gasteiger partial charge on any atom is -0.480 e. The number of hydrogen-bond donors (Lipinski definition) is 2. The van der Waals surface area contributed by atoms with Crippen LogP contribution in [0, 0.1) is 0 Å². The number of hydrogen-bond acceptors (Lipinski definition) is 4. The van der Waals surface area contributed by atoms with Crippen molar-refractivity contribution in [1.29, 1.82) is 0 Å². The molecule has 6 nitrogen and oxygen atoms in total. The van der Waals surface area contributed by atoms with E-state index in [1.54, 1.807) is 51.1 Å². The van der Waals surface area contributed by atoms with Gasteiger partial charge in [-0.25, -0.2) is 9.59 Å². The second-order valence-electron chi connectivity index (χ2n) is 5.40. The van der Waals surface area contributed by atoms with E-state index in [1.165, 1.54) is 0 Å². The molecule has 21 heavy (non-hydrogen) atoms. The van der Waals surface area contributed by atoms with Crippen LogP contribution >= 0.6 is 0 Å². The standard InChI is InChI=1S/C15H21NO5/c1-15(2,3)21-14(19)16-12(13(17)18)10-20-9-11-7-5-4-6-8-11/h4-8,12H,9-10H2,1-3H3,(H,16,19)(H,17,18)/t12-/m0/s1/i9D/t9?,12-. The summed E-state index contributed by atoms with van der Waals surface area (Å²) in [7, 11) is 0. The Morgan fingerprint density at radius 2 is 1.95 bits per heavy atom. The molecular weight excluding hydrogens is 274 g/mol. The second kappa shape index (κ2) is 7.64. The van der Waals surface area contributed by atoms with Gasteiger partial charge in [0.15, 0.2) is 6.04 Å². The van der Waals surface area contributed by atoms with Crippen molar-refractivity contribution in [1.82, 2.24) is 5.32 Å². The molecule has 2 N–H and O–H groups in total. The lowest BCUT2D eigenvalue weighted by Crippen LogP contribution is -2.46. The lowest BCUT2D eigenvalue weighted by atomic mass is 10.2. The number of aliphatic carboxylic acids is 1. The van der Waals surface area contributed by atoms with E-state index in [2.05, 4.69) is 5.32 Å². The topological polar surface area (TPSA) is 84.9 Å². The van der Waals surface area contributed by atoms with Crippen LogP contribution in [0.15, 0.2) is 30.3 Å². The number of carbonyl (C=O) groups excluding carboxylic acids is 1. The van der Waals surface area contributed by atoms with Crippen molar-refractivity contribution < 1.29 is 25.5 Å². The molecule has 2 atom stereocenters. The molecule has 0 heterocycles. The van der Waals surface area contributed by atoms with E-state index in [0.29, 0.717) is 5.56 Å². The Balaban J connectivity index is 2.55. The largest absolute Gasteiger partial charge is 0.480 e. The number of carboxylic acids is 1. The number of carboxylic acid groups (broad SMARTS) is 1. The van der Waals surface area contributed by atoms with Gasteiger partial charge in [-0.05, 0) is 26.3 Å². The maximum atomic E-state index is 11.6. The van der Waals surface area contributed by atoms with E-state index >= 15 is 0 Å². The lowest BCUT2D eigenvalue weighted by Gasteiger charge is -2.22. The van der Waals surface area contributed by atoms with Crippen molar-refractivity contribution in [3.63, 3.8) is 0 Å². The highest BCUT2D eigenvalue weighted by Gasteiger charge is 2.24. The molecule has 1 aromatic rings. The van der Waals surface area contributed by atoms with Gasteiger partial charge >= 0.3 is 12.1 Å². The monoisotopic (exact) mass is 296 g/mol. The van der Waals surface area contributed by atoms with Crippen LogP contribution in [0.5, 0.6) is 0 Å². The normalized spacial score (nSPS) is 14.7. The highest BCUT2D eigenvalue weighted by Crippen LogP contribution is 2.07. The minimum absolute atomic E-state index is 0.336. The third kappa shape index (κ3) is 7.31. The Kier molecular flexibility index (Phi) is 5.57. The summed E-state index contributed by atoms with van der Waals surface area (Å²) in [5, 5.41) is 11.3. The summed E-state index contributed by atoms with van der Waals surface area (Å²) in [5.74, 6) is -1.26. The van der Waals surface area contributed by atoms with Crippen molar-refractivity contribution in [3.8, 4) is 0 Å². The van der Waals surface area contributed by atoms with Crippen LogP contribution in [-0.4, -0.2) is 35.4 Å². The van der Waals surface area contributed by atoms with Gasteiger partial charge in [-0.2, -0.15) is 0 Å². The summed E-state index contributed by atoms with van der Waals surface area (Å²) in [6.45, 7) is 3.66. The lowest BCUT2D eigenvalue weighted by molar-refractivity contribution is -0.141. The Labute approximate surface area is 125 Å². The van der Waals surface area contributed by atoms with Crippen LogP contribution in [-0.2, 0) is 20.9 Å². The van der Waals surface area contributed by atoms with Crippen molar-refractivity contribution in [3.05, 3.63) is 35.9 Å². The van der Waals surface area contributed by atoms with Crippen molar-refractivity contribution in [2.75, 3.05) is 6.61 Å². The summed E-state index contributed by atoms with van der Waals surface area (Å²) in [6, 6.07) is 7.44. The number of amides is 1. The number of alkyl carbamates (subject to hydrolysis) is 1. The van der Waals surface area contributed by atoms with E-state index in [1.807, 2.05) is 0 Å². The van der Waals surface area contributed by atoms with Crippen LogP contribution in [0.1, 0.15) is 27.7 Å². The molecule has 0 bridgehead atoms. The van der Waals surface area contributed by atoms with Crippen LogP contribution < -0.4 is 5.32 Å². The molecule has 0 aromatic heterocycles. The number of nitrogens with one attached hydrogen (secondary N) is 1. The van der Waals surface area contributed by atoms with Gasteiger partial charge < -0.3 is 19.9 Å². The number of rotatable bonds is 6. The fourth-order valence-electron chi connectivity index (χ4n) is 1.40. The molecule has 0 spiro atoms. The first kappa shape index (κ1) is 15.3. The highest BCUT2D eigenvalue weighted by atomic mass is 16.6. The third-order valence-corrected chi connectivity index (χ3v) is 2.27. The molecule has 0 aliphatic carbocycles. The summed E-state index contributed by atoms with van der Waals surface area (Å²) in [4.78, 5) is 22.7. The average Bonchev–Trinajstić information content (AvgIpc) is 2.41. The van der Waals surface area contributed by atoms with Gasteiger partial charge in [0.25, 0.3) is 0 Å². The van der Waals surface area contributed by atoms with Gasteiger partial charge in [0.1, 0.15) is 5.60 Å². The minimum atomic E-state index is -1.29. The van der Waals surface area contributed by atoms with Gasteiger partial charge in [0.2, 0.25) is 0 Å². The third-order valence-electron chi connectivity index (χ3n) is 2.27. The molecule has 0 saturated carbocycles. The van der Waals surface area contributed by atoms with Crippen molar-refractivity contribution in [2.45, 2.75) is 39.0 Å². The molecule has 0 aliphatic rings. The molecule has 0 aliphatic heterocycles. The Hall–Kier alpha value is -2.08.